The molecule has 0 bridgehead atoms. The van der Waals surface area contributed by atoms with Gasteiger partial charge in [0.1, 0.15) is 10.6 Å². The van der Waals surface area contributed by atoms with Gasteiger partial charge < -0.3 is 10.1 Å². The van der Waals surface area contributed by atoms with Gasteiger partial charge in [0.25, 0.3) is 0 Å². The highest BCUT2D eigenvalue weighted by atomic mass is 32.1. The first-order valence-electron chi connectivity index (χ1n) is 7.36. The summed E-state index contributed by atoms with van der Waals surface area (Å²) in [5.41, 5.74) is 2.54. The summed E-state index contributed by atoms with van der Waals surface area (Å²) in [4.78, 5) is 11.1. The largest absolute Gasteiger partial charge is 0.376 e. The van der Waals surface area contributed by atoms with Crippen LogP contribution in [0.1, 0.15) is 31.6 Å². The minimum absolute atomic E-state index is 0.209. The first kappa shape index (κ1) is 14.5. The van der Waals surface area contributed by atoms with Crippen molar-refractivity contribution in [3.8, 4) is 0 Å². The topological polar surface area (TPSA) is 85.1 Å². The normalized spacial score (nSPS) is 19.9. The van der Waals surface area contributed by atoms with E-state index in [9.17, 15) is 0 Å². The minimum Gasteiger partial charge on any atom is -0.376 e. The van der Waals surface area contributed by atoms with Gasteiger partial charge in [0, 0.05) is 11.5 Å². The third-order valence-electron chi connectivity index (χ3n) is 3.81. The Morgan fingerprint density at radius 2 is 2.38 bits per heavy atom. The molecule has 0 aliphatic carbocycles. The smallest absolute Gasteiger partial charge is 0.240 e. The highest BCUT2D eigenvalue weighted by Crippen LogP contribution is 2.31. The fraction of sp³-hybridized carbons (Fsp3) is 0.571. The van der Waals surface area contributed by atoms with Gasteiger partial charge in [-0.1, -0.05) is 6.92 Å². The van der Waals surface area contributed by atoms with Crippen molar-refractivity contribution in [2.45, 2.75) is 45.3 Å². The van der Waals surface area contributed by atoms with Gasteiger partial charge in [0.15, 0.2) is 0 Å². The van der Waals surface area contributed by atoms with E-state index >= 15 is 0 Å². The molecular weight excluding hydrogens is 286 g/mol. The summed E-state index contributed by atoms with van der Waals surface area (Å²) in [6.07, 6.45) is 3.46. The Morgan fingerprint density at radius 1 is 1.52 bits per heavy atom. The summed E-state index contributed by atoms with van der Waals surface area (Å²) < 4.78 is 5.74. The quantitative estimate of drug-likeness (QED) is 0.581. The van der Waals surface area contributed by atoms with E-state index in [-0.39, 0.29) is 12.1 Å². The van der Waals surface area contributed by atoms with Gasteiger partial charge in [-0.3, -0.25) is 5.43 Å². The Bertz CT molecular complexity index is 623. The van der Waals surface area contributed by atoms with Crippen molar-refractivity contribution in [2.24, 2.45) is 5.84 Å². The van der Waals surface area contributed by atoms with Crippen LogP contribution in [-0.2, 0) is 11.2 Å². The van der Waals surface area contributed by atoms with E-state index in [4.69, 9.17) is 10.6 Å². The average molecular weight is 307 g/mol. The molecule has 1 saturated heterocycles. The maximum atomic E-state index is 5.74. The van der Waals surface area contributed by atoms with Crippen LogP contribution in [0.4, 0.5) is 11.8 Å². The number of anilines is 2. The minimum atomic E-state index is 0.209. The average Bonchev–Trinajstić information content (AvgIpc) is 3.15. The number of aryl methyl sites for hydroxylation is 1. The zero-order chi connectivity index (χ0) is 14.8. The Kier molecular flexibility index (Phi) is 4.23. The first-order chi connectivity index (χ1) is 10.2. The summed E-state index contributed by atoms with van der Waals surface area (Å²) in [6, 6.07) is 2.37. The summed E-state index contributed by atoms with van der Waals surface area (Å²) in [6.45, 7) is 5.12. The van der Waals surface area contributed by atoms with Crippen molar-refractivity contribution < 1.29 is 4.74 Å². The van der Waals surface area contributed by atoms with Crippen molar-refractivity contribution in [2.75, 3.05) is 17.3 Å². The van der Waals surface area contributed by atoms with E-state index in [1.807, 2.05) is 0 Å². The number of nitrogen functional groups attached to an aromatic ring is 1. The molecule has 0 radical (unpaired) electrons. The summed E-state index contributed by atoms with van der Waals surface area (Å²) in [5.74, 6) is 6.74. The van der Waals surface area contributed by atoms with Crippen LogP contribution in [0.3, 0.4) is 0 Å². The number of ether oxygens (including phenoxy) is 1. The lowest BCUT2D eigenvalue weighted by Crippen LogP contribution is -2.30. The summed E-state index contributed by atoms with van der Waals surface area (Å²) >= 11 is 1.68. The second kappa shape index (κ2) is 6.13. The van der Waals surface area contributed by atoms with Crippen LogP contribution in [0.2, 0.25) is 0 Å². The third kappa shape index (κ3) is 2.95. The Balaban J connectivity index is 1.93. The molecule has 1 fully saturated rings. The molecule has 3 heterocycles. The Morgan fingerprint density at radius 3 is 3.05 bits per heavy atom. The third-order valence-corrected chi connectivity index (χ3v) is 4.98. The van der Waals surface area contributed by atoms with Crippen LogP contribution in [0.15, 0.2) is 6.07 Å². The SMILES string of the molecule is CCc1cc2c(NC(C)C3CCCO3)nc(NN)nc2s1. The molecule has 0 aromatic carbocycles. The van der Waals surface area contributed by atoms with Crippen molar-refractivity contribution in [3.63, 3.8) is 0 Å². The molecular formula is C14H21N5OS. The lowest BCUT2D eigenvalue weighted by atomic mass is 10.1. The van der Waals surface area contributed by atoms with Crippen molar-refractivity contribution in [3.05, 3.63) is 10.9 Å². The predicted octanol–water partition coefficient (Wildman–Crippen LogP) is 2.52. The van der Waals surface area contributed by atoms with Crippen LogP contribution in [0, 0.1) is 0 Å². The van der Waals surface area contributed by atoms with Gasteiger partial charge in [0.2, 0.25) is 5.95 Å². The maximum absolute atomic E-state index is 5.74. The van der Waals surface area contributed by atoms with Gasteiger partial charge in [-0.05, 0) is 32.3 Å². The molecule has 2 atom stereocenters. The number of nitrogens with zero attached hydrogens (tertiary/aromatic N) is 2. The second-order valence-electron chi connectivity index (χ2n) is 5.31. The van der Waals surface area contributed by atoms with Gasteiger partial charge in [0.05, 0.1) is 17.5 Å². The molecule has 21 heavy (non-hydrogen) atoms. The molecule has 114 valence electrons. The zero-order valence-electron chi connectivity index (χ0n) is 12.3. The van der Waals surface area contributed by atoms with Crippen LogP contribution in [-0.4, -0.2) is 28.7 Å². The second-order valence-corrected chi connectivity index (χ2v) is 6.42. The van der Waals surface area contributed by atoms with Gasteiger partial charge in [-0.2, -0.15) is 4.98 Å². The lowest BCUT2D eigenvalue weighted by Gasteiger charge is -2.21. The van der Waals surface area contributed by atoms with Crippen LogP contribution in [0.5, 0.6) is 0 Å². The number of fused-ring (bicyclic) bond motifs is 1. The number of thiophene rings is 1. The van der Waals surface area contributed by atoms with Crippen LogP contribution in [0.25, 0.3) is 10.2 Å². The van der Waals surface area contributed by atoms with E-state index in [1.165, 1.54) is 4.88 Å². The number of nitrogens with one attached hydrogen (secondary N) is 2. The van der Waals surface area contributed by atoms with Gasteiger partial charge >= 0.3 is 0 Å². The molecule has 7 heteroatoms. The number of hydrogen-bond acceptors (Lipinski definition) is 7. The number of hydrogen-bond donors (Lipinski definition) is 3. The number of nitrogens with two attached hydrogens (primary N) is 1. The summed E-state index contributed by atoms with van der Waals surface area (Å²) in [5, 5.41) is 4.53. The molecule has 4 N–H and O–H groups in total. The molecule has 1 aliphatic heterocycles. The fourth-order valence-electron chi connectivity index (χ4n) is 2.63. The zero-order valence-corrected chi connectivity index (χ0v) is 13.2. The van der Waals surface area contributed by atoms with E-state index < -0.39 is 0 Å². The van der Waals surface area contributed by atoms with Gasteiger partial charge in [-0.15, -0.1) is 11.3 Å². The highest BCUT2D eigenvalue weighted by molar-refractivity contribution is 7.18. The van der Waals surface area contributed by atoms with E-state index in [1.54, 1.807) is 11.3 Å². The standard InChI is InChI=1S/C14H21N5OS/c1-3-9-7-10-12(16-8(2)11-5-4-6-20-11)17-14(19-15)18-13(10)21-9/h7-8,11H,3-6,15H2,1-2H3,(H2,16,17,18,19). The lowest BCUT2D eigenvalue weighted by molar-refractivity contribution is 0.0996. The van der Waals surface area contributed by atoms with Crippen LogP contribution < -0.4 is 16.6 Å². The molecule has 0 saturated carbocycles. The molecule has 6 nitrogen and oxygen atoms in total. The van der Waals surface area contributed by atoms with E-state index in [0.717, 1.165) is 41.9 Å². The van der Waals surface area contributed by atoms with Crippen LogP contribution >= 0.6 is 11.3 Å². The molecule has 2 aromatic heterocycles. The molecule has 2 unspecified atom stereocenters. The van der Waals surface area contributed by atoms with E-state index in [0.29, 0.717) is 5.95 Å². The molecule has 1 aliphatic rings. The predicted molar refractivity (Wildman–Crippen MR) is 86.7 cm³/mol. The maximum Gasteiger partial charge on any atom is 0.240 e. The van der Waals surface area contributed by atoms with Crippen molar-refractivity contribution in [1.82, 2.24) is 9.97 Å². The van der Waals surface area contributed by atoms with Gasteiger partial charge in [-0.25, -0.2) is 10.8 Å². The molecule has 2 aromatic rings. The fourth-order valence-corrected chi connectivity index (χ4v) is 3.59. The van der Waals surface area contributed by atoms with Crippen molar-refractivity contribution >= 4 is 33.3 Å². The molecule has 0 amide bonds. The molecule has 0 spiro atoms. The Hall–Kier alpha value is -1.44. The monoisotopic (exact) mass is 307 g/mol. The first-order valence-corrected chi connectivity index (χ1v) is 8.18. The highest BCUT2D eigenvalue weighted by Gasteiger charge is 2.23. The Labute approximate surface area is 128 Å². The number of rotatable bonds is 5. The molecule has 3 rings (SSSR count). The summed E-state index contributed by atoms with van der Waals surface area (Å²) in [7, 11) is 0. The van der Waals surface area contributed by atoms with Crippen molar-refractivity contribution in [1.29, 1.82) is 0 Å². The van der Waals surface area contributed by atoms with E-state index in [2.05, 4.69) is 40.6 Å². The number of hydrazine groups is 1. The number of aromatic nitrogens is 2.